The summed E-state index contributed by atoms with van der Waals surface area (Å²) >= 11 is 0. The third kappa shape index (κ3) is 3.08. The number of sulfonamides is 1. The van der Waals surface area contributed by atoms with Crippen molar-refractivity contribution in [2.24, 2.45) is 0 Å². The van der Waals surface area contributed by atoms with Crippen LogP contribution >= 0.6 is 0 Å². The van der Waals surface area contributed by atoms with Gasteiger partial charge in [-0.25, -0.2) is 12.8 Å². The van der Waals surface area contributed by atoms with Gasteiger partial charge in [0.2, 0.25) is 0 Å². The van der Waals surface area contributed by atoms with Crippen LogP contribution in [0.4, 0.5) is 21.5 Å². The van der Waals surface area contributed by atoms with Gasteiger partial charge in [0.05, 0.1) is 15.5 Å². The van der Waals surface area contributed by atoms with Crippen LogP contribution in [-0.4, -0.2) is 13.3 Å². The summed E-state index contributed by atoms with van der Waals surface area (Å²) in [5.74, 6) is -0.740. The number of nitro benzene ring substituents is 1. The first-order valence-electron chi connectivity index (χ1n) is 5.62. The molecule has 110 valence electrons. The molecule has 7 nitrogen and oxygen atoms in total. The molecule has 0 aliphatic carbocycles. The summed E-state index contributed by atoms with van der Waals surface area (Å²) in [4.78, 5) is 9.61. The van der Waals surface area contributed by atoms with E-state index >= 15 is 0 Å². The van der Waals surface area contributed by atoms with Crippen molar-refractivity contribution in [1.82, 2.24) is 0 Å². The fourth-order valence-electron chi connectivity index (χ4n) is 1.61. The van der Waals surface area contributed by atoms with Crippen LogP contribution in [0.15, 0.2) is 47.4 Å². The van der Waals surface area contributed by atoms with Gasteiger partial charge in [0.15, 0.2) is 0 Å². The highest BCUT2D eigenvalue weighted by atomic mass is 32.2. The van der Waals surface area contributed by atoms with E-state index in [9.17, 15) is 22.9 Å². The maximum Gasteiger partial charge on any atom is 0.292 e. The van der Waals surface area contributed by atoms with Crippen molar-refractivity contribution in [2.75, 3.05) is 10.5 Å². The molecule has 0 atom stereocenters. The van der Waals surface area contributed by atoms with Crippen molar-refractivity contribution in [1.29, 1.82) is 0 Å². The Hall–Kier alpha value is -2.68. The minimum absolute atomic E-state index is 0.227. The smallest absolute Gasteiger partial charge is 0.292 e. The Labute approximate surface area is 119 Å². The molecule has 3 N–H and O–H groups in total. The highest BCUT2D eigenvalue weighted by Gasteiger charge is 2.20. The van der Waals surface area contributed by atoms with Crippen LogP contribution in [0.3, 0.4) is 0 Å². The van der Waals surface area contributed by atoms with Crippen LogP contribution in [0.25, 0.3) is 0 Å². The van der Waals surface area contributed by atoms with Crippen LogP contribution in [0.1, 0.15) is 0 Å². The Kier molecular flexibility index (Phi) is 3.76. The molecule has 0 saturated heterocycles. The first-order valence-corrected chi connectivity index (χ1v) is 7.11. The molecule has 0 aliphatic rings. The number of hydrogen-bond donors (Lipinski definition) is 2. The van der Waals surface area contributed by atoms with Gasteiger partial charge in [-0.2, -0.15) is 0 Å². The summed E-state index contributed by atoms with van der Waals surface area (Å²) in [5, 5.41) is 10.6. The molecule has 2 aromatic rings. The number of para-hydroxylation sites is 1. The Bertz CT molecular complexity index is 808. The summed E-state index contributed by atoms with van der Waals surface area (Å²) in [6, 6.07) is 8.18. The average Bonchev–Trinajstić information content (AvgIpc) is 2.40. The molecule has 0 aromatic heterocycles. The molecule has 0 aliphatic heterocycles. The van der Waals surface area contributed by atoms with E-state index in [1.165, 1.54) is 18.2 Å². The fraction of sp³-hybridized carbons (Fsp3) is 0. The van der Waals surface area contributed by atoms with E-state index in [2.05, 4.69) is 4.72 Å². The lowest BCUT2D eigenvalue weighted by molar-refractivity contribution is -0.383. The SMILES string of the molecule is Nc1cc(S(=O)(=O)Nc2ccccc2F)ccc1[N+](=O)[O-]. The van der Waals surface area contributed by atoms with Crippen molar-refractivity contribution < 1.29 is 17.7 Å². The van der Waals surface area contributed by atoms with Gasteiger partial charge in [0, 0.05) is 6.07 Å². The second-order valence-corrected chi connectivity index (χ2v) is 5.75. The lowest BCUT2D eigenvalue weighted by Crippen LogP contribution is -2.14. The number of nitrogen functional groups attached to an aromatic ring is 1. The van der Waals surface area contributed by atoms with Crippen molar-refractivity contribution in [3.05, 3.63) is 58.4 Å². The molecule has 21 heavy (non-hydrogen) atoms. The number of hydrogen-bond acceptors (Lipinski definition) is 5. The van der Waals surface area contributed by atoms with Crippen molar-refractivity contribution >= 4 is 27.1 Å². The van der Waals surface area contributed by atoms with Crippen molar-refractivity contribution in [2.45, 2.75) is 4.90 Å². The number of nitrogens with two attached hydrogens (primary N) is 1. The topological polar surface area (TPSA) is 115 Å². The van der Waals surface area contributed by atoms with Gasteiger partial charge in [-0.3, -0.25) is 14.8 Å². The standard InChI is InChI=1S/C12H10FN3O4S/c13-9-3-1-2-4-11(9)15-21(19,20)8-5-6-12(16(17)18)10(14)7-8/h1-7,15H,14H2. The monoisotopic (exact) mass is 311 g/mol. The molecule has 2 rings (SSSR count). The first kappa shape index (κ1) is 14.7. The van der Waals surface area contributed by atoms with E-state index in [-0.39, 0.29) is 16.3 Å². The zero-order valence-corrected chi connectivity index (χ0v) is 11.3. The molecule has 0 radical (unpaired) electrons. The van der Waals surface area contributed by atoms with E-state index in [1.54, 1.807) is 0 Å². The van der Waals surface area contributed by atoms with Crippen LogP contribution < -0.4 is 10.5 Å². The van der Waals surface area contributed by atoms with Gasteiger partial charge in [-0.15, -0.1) is 0 Å². The van der Waals surface area contributed by atoms with Gasteiger partial charge >= 0.3 is 0 Å². The minimum atomic E-state index is -4.09. The number of anilines is 2. The molecule has 0 heterocycles. The van der Waals surface area contributed by atoms with Gasteiger partial charge in [-0.1, -0.05) is 12.1 Å². The van der Waals surface area contributed by atoms with Crippen molar-refractivity contribution in [3.63, 3.8) is 0 Å². The van der Waals surface area contributed by atoms with E-state index in [1.807, 2.05) is 0 Å². The second-order valence-electron chi connectivity index (χ2n) is 4.06. The first-order chi connectivity index (χ1) is 9.81. The third-order valence-corrected chi connectivity index (χ3v) is 3.99. The lowest BCUT2D eigenvalue weighted by atomic mass is 10.3. The lowest BCUT2D eigenvalue weighted by Gasteiger charge is -2.09. The zero-order valence-electron chi connectivity index (χ0n) is 10.5. The molecule has 0 unspecified atom stereocenters. The number of nitrogens with one attached hydrogen (secondary N) is 1. The Morgan fingerprint density at radius 1 is 1.19 bits per heavy atom. The normalized spacial score (nSPS) is 11.1. The zero-order chi connectivity index (χ0) is 15.6. The van der Waals surface area contributed by atoms with E-state index in [4.69, 9.17) is 5.73 Å². The van der Waals surface area contributed by atoms with Crippen molar-refractivity contribution in [3.8, 4) is 0 Å². The summed E-state index contributed by atoms with van der Waals surface area (Å²) < 4.78 is 39.7. The fourth-order valence-corrected chi connectivity index (χ4v) is 2.72. The highest BCUT2D eigenvalue weighted by molar-refractivity contribution is 7.92. The Morgan fingerprint density at radius 3 is 2.43 bits per heavy atom. The van der Waals surface area contributed by atoms with Gasteiger partial charge < -0.3 is 5.73 Å². The van der Waals surface area contributed by atoms with Crippen LogP contribution in [0.2, 0.25) is 0 Å². The van der Waals surface area contributed by atoms with Crippen LogP contribution in [0.5, 0.6) is 0 Å². The van der Waals surface area contributed by atoms with Gasteiger partial charge in [-0.05, 0) is 24.3 Å². The molecular weight excluding hydrogens is 301 g/mol. The Balaban J connectivity index is 2.39. The maximum atomic E-state index is 13.4. The van der Waals surface area contributed by atoms with E-state index in [0.29, 0.717) is 0 Å². The summed E-state index contributed by atoms with van der Waals surface area (Å²) in [7, 11) is -4.09. The molecular formula is C12H10FN3O4S. The van der Waals surface area contributed by atoms with Crippen LogP contribution in [0, 0.1) is 15.9 Å². The molecule has 0 spiro atoms. The summed E-state index contributed by atoms with van der Waals surface area (Å²) in [6.07, 6.45) is 0. The highest BCUT2D eigenvalue weighted by Crippen LogP contribution is 2.26. The number of halogens is 1. The number of nitro groups is 1. The maximum absolute atomic E-state index is 13.4. The average molecular weight is 311 g/mol. The predicted molar refractivity (Wildman–Crippen MR) is 74.7 cm³/mol. The molecule has 0 fully saturated rings. The van der Waals surface area contributed by atoms with E-state index < -0.39 is 26.5 Å². The molecule has 0 saturated carbocycles. The largest absolute Gasteiger partial charge is 0.393 e. The molecule has 9 heteroatoms. The third-order valence-electron chi connectivity index (χ3n) is 2.62. The Morgan fingerprint density at radius 2 is 1.86 bits per heavy atom. The predicted octanol–water partition coefficient (Wildman–Crippen LogP) is 2.12. The second kappa shape index (κ2) is 5.37. The van der Waals surface area contributed by atoms with Gasteiger partial charge in [0.1, 0.15) is 11.5 Å². The minimum Gasteiger partial charge on any atom is -0.393 e. The summed E-state index contributed by atoms with van der Waals surface area (Å²) in [5.41, 5.74) is 4.51. The molecule has 0 bridgehead atoms. The summed E-state index contributed by atoms with van der Waals surface area (Å²) in [6.45, 7) is 0. The quantitative estimate of drug-likeness (QED) is 0.510. The van der Waals surface area contributed by atoms with Crippen LogP contribution in [-0.2, 0) is 10.0 Å². The van der Waals surface area contributed by atoms with Gasteiger partial charge in [0.25, 0.3) is 15.7 Å². The molecule has 2 aromatic carbocycles. The molecule has 0 amide bonds. The number of nitrogens with zero attached hydrogens (tertiary/aromatic N) is 1. The van der Waals surface area contributed by atoms with E-state index in [0.717, 1.165) is 24.3 Å². The number of benzene rings is 2. The number of rotatable bonds is 4.